The van der Waals surface area contributed by atoms with E-state index in [0.717, 1.165) is 22.9 Å². The number of likely N-dealkylation sites (N-methyl/N-ethyl adjacent to an activating group) is 1. The number of hydrogen-bond donors (Lipinski definition) is 1. The van der Waals surface area contributed by atoms with E-state index < -0.39 is 0 Å². The van der Waals surface area contributed by atoms with Crippen molar-refractivity contribution in [2.45, 2.75) is 12.8 Å². The summed E-state index contributed by atoms with van der Waals surface area (Å²) in [6, 6.07) is 6.24. The molecule has 0 bridgehead atoms. The lowest BCUT2D eigenvalue weighted by molar-refractivity contribution is -0.116. The van der Waals surface area contributed by atoms with Crippen LogP contribution in [-0.4, -0.2) is 13.0 Å². The minimum absolute atomic E-state index is 0.0298. The van der Waals surface area contributed by atoms with E-state index in [-0.39, 0.29) is 5.91 Å². The molecule has 0 radical (unpaired) electrons. The Labute approximate surface area is 97.5 Å². The molecule has 2 rings (SSSR count). The predicted octanol–water partition coefficient (Wildman–Crippen LogP) is 2.52. The largest absolute Gasteiger partial charge is 0.356 e. The second-order valence-electron chi connectivity index (χ2n) is 3.59. The number of hydrogen-bond acceptors (Lipinski definition) is 1. The van der Waals surface area contributed by atoms with Gasteiger partial charge in [-0.2, -0.15) is 0 Å². The molecule has 0 saturated heterocycles. The van der Waals surface area contributed by atoms with Gasteiger partial charge in [0.15, 0.2) is 0 Å². The van der Waals surface area contributed by atoms with E-state index in [2.05, 4.69) is 33.4 Å². The molecule has 78 valence electrons. The van der Waals surface area contributed by atoms with Crippen molar-refractivity contribution < 1.29 is 4.79 Å². The highest BCUT2D eigenvalue weighted by Gasteiger charge is 2.16. The van der Waals surface area contributed by atoms with E-state index in [1.165, 1.54) is 11.1 Å². The summed E-state index contributed by atoms with van der Waals surface area (Å²) < 4.78 is 1.06. The number of nitrogens with one attached hydrogen (secondary N) is 1. The van der Waals surface area contributed by atoms with Gasteiger partial charge in [-0.3, -0.25) is 4.79 Å². The average molecular weight is 266 g/mol. The SMILES string of the molecule is CNC(=O)/C=C1/CCc2ccc(Br)cc21. The predicted molar refractivity (Wildman–Crippen MR) is 64.5 cm³/mol. The van der Waals surface area contributed by atoms with Crippen molar-refractivity contribution in [3.63, 3.8) is 0 Å². The van der Waals surface area contributed by atoms with E-state index in [1.54, 1.807) is 13.1 Å². The van der Waals surface area contributed by atoms with Crippen LogP contribution >= 0.6 is 15.9 Å². The smallest absolute Gasteiger partial charge is 0.244 e. The van der Waals surface area contributed by atoms with Gasteiger partial charge in [0.2, 0.25) is 5.91 Å². The van der Waals surface area contributed by atoms with Gasteiger partial charge >= 0.3 is 0 Å². The fourth-order valence-corrected chi connectivity index (χ4v) is 2.21. The molecule has 0 spiro atoms. The minimum atomic E-state index is -0.0298. The first-order chi connectivity index (χ1) is 7.20. The van der Waals surface area contributed by atoms with Crippen LogP contribution in [0.4, 0.5) is 0 Å². The van der Waals surface area contributed by atoms with E-state index in [1.807, 2.05) is 6.07 Å². The van der Waals surface area contributed by atoms with E-state index in [4.69, 9.17) is 0 Å². The van der Waals surface area contributed by atoms with Gasteiger partial charge in [-0.25, -0.2) is 0 Å². The van der Waals surface area contributed by atoms with Crippen LogP contribution in [0.1, 0.15) is 17.5 Å². The van der Waals surface area contributed by atoms with Gasteiger partial charge in [0, 0.05) is 17.6 Å². The molecule has 0 saturated carbocycles. The Hall–Kier alpha value is -1.09. The van der Waals surface area contributed by atoms with Crippen molar-refractivity contribution in [3.05, 3.63) is 39.9 Å². The molecular formula is C12H12BrNO. The fourth-order valence-electron chi connectivity index (χ4n) is 1.85. The third-order valence-electron chi connectivity index (χ3n) is 2.63. The van der Waals surface area contributed by atoms with Crippen LogP contribution < -0.4 is 5.32 Å². The number of rotatable bonds is 1. The molecule has 1 N–H and O–H groups in total. The van der Waals surface area contributed by atoms with Crippen LogP contribution in [0.15, 0.2) is 28.7 Å². The number of aryl methyl sites for hydroxylation is 1. The summed E-state index contributed by atoms with van der Waals surface area (Å²) in [5.74, 6) is -0.0298. The van der Waals surface area contributed by atoms with Gasteiger partial charge < -0.3 is 5.32 Å². The highest BCUT2D eigenvalue weighted by molar-refractivity contribution is 9.10. The molecule has 0 unspecified atom stereocenters. The van der Waals surface area contributed by atoms with Gasteiger partial charge in [-0.1, -0.05) is 22.0 Å². The summed E-state index contributed by atoms with van der Waals surface area (Å²) >= 11 is 3.45. The highest BCUT2D eigenvalue weighted by Crippen LogP contribution is 2.33. The molecule has 1 aromatic carbocycles. The average Bonchev–Trinajstić information content (AvgIpc) is 2.61. The minimum Gasteiger partial charge on any atom is -0.356 e. The Balaban J connectivity index is 2.39. The molecular weight excluding hydrogens is 254 g/mol. The van der Waals surface area contributed by atoms with Crippen molar-refractivity contribution >= 4 is 27.4 Å². The molecule has 0 atom stereocenters. The van der Waals surface area contributed by atoms with E-state index in [0.29, 0.717) is 0 Å². The summed E-state index contributed by atoms with van der Waals surface area (Å²) in [4.78, 5) is 11.3. The lowest BCUT2D eigenvalue weighted by atomic mass is 10.1. The highest BCUT2D eigenvalue weighted by atomic mass is 79.9. The summed E-state index contributed by atoms with van der Waals surface area (Å²) in [5, 5.41) is 2.61. The zero-order chi connectivity index (χ0) is 10.8. The Bertz CT molecular complexity index is 437. The topological polar surface area (TPSA) is 29.1 Å². The van der Waals surface area contributed by atoms with Crippen LogP contribution in [-0.2, 0) is 11.2 Å². The zero-order valence-corrected chi connectivity index (χ0v) is 10.1. The summed E-state index contributed by atoms with van der Waals surface area (Å²) in [5.41, 5.74) is 3.66. The van der Waals surface area contributed by atoms with E-state index >= 15 is 0 Å². The van der Waals surface area contributed by atoms with Gasteiger partial charge in [0.05, 0.1) is 0 Å². The molecule has 1 amide bonds. The summed E-state index contributed by atoms with van der Waals surface area (Å²) in [6.07, 6.45) is 3.68. The van der Waals surface area contributed by atoms with Crippen molar-refractivity contribution in [1.82, 2.24) is 5.32 Å². The lowest BCUT2D eigenvalue weighted by Gasteiger charge is -2.01. The zero-order valence-electron chi connectivity index (χ0n) is 8.51. The first-order valence-corrected chi connectivity index (χ1v) is 5.71. The maximum atomic E-state index is 11.3. The third-order valence-corrected chi connectivity index (χ3v) is 3.13. The normalized spacial score (nSPS) is 16.5. The van der Waals surface area contributed by atoms with Crippen LogP contribution in [0.3, 0.4) is 0 Å². The van der Waals surface area contributed by atoms with Crippen LogP contribution in [0, 0.1) is 0 Å². The first kappa shape index (κ1) is 10.4. The van der Waals surface area contributed by atoms with Crippen LogP contribution in [0.2, 0.25) is 0 Å². The number of carbonyl (C=O) groups excluding carboxylic acids is 1. The second-order valence-corrected chi connectivity index (χ2v) is 4.50. The summed E-state index contributed by atoms with van der Waals surface area (Å²) in [6.45, 7) is 0. The van der Waals surface area contributed by atoms with Gasteiger partial charge in [0.1, 0.15) is 0 Å². The number of amides is 1. The fraction of sp³-hybridized carbons (Fsp3) is 0.250. The maximum absolute atomic E-state index is 11.3. The molecule has 1 aliphatic rings. The van der Waals surface area contributed by atoms with Gasteiger partial charge in [-0.15, -0.1) is 0 Å². The van der Waals surface area contributed by atoms with E-state index in [9.17, 15) is 4.79 Å². The molecule has 0 aromatic heterocycles. The van der Waals surface area contributed by atoms with Crippen LogP contribution in [0.25, 0.3) is 5.57 Å². The molecule has 0 aliphatic heterocycles. The van der Waals surface area contributed by atoms with Crippen LogP contribution in [0.5, 0.6) is 0 Å². The van der Waals surface area contributed by atoms with Crippen molar-refractivity contribution in [2.24, 2.45) is 0 Å². The number of benzene rings is 1. The number of halogens is 1. The Morgan fingerprint density at radius 1 is 1.47 bits per heavy atom. The number of allylic oxidation sites excluding steroid dienone is 1. The standard InChI is InChI=1S/C12H12BrNO/c1-14-12(15)6-9-3-2-8-4-5-10(13)7-11(8)9/h4-7H,2-3H2,1H3,(H,14,15)/b9-6-. The molecule has 3 heteroatoms. The van der Waals surface area contributed by atoms with Crippen molar-refractivity contribution in [3.8, 4) is 0 Å². The lowest BCUT2D eigenvalue weighted by Crippen LogP contribution is -2.14. The Morgan fingerprint density at radius 2 is 2.27 bits per heavy atom. The molecule has 1 aromatic rings. The Kier molecular flexibility index (Phi) is 2.91. The van der Waals surface area contributed by atoms with Crippen molar-refractivity contribution in [2.75, 3.05) is 7.05 Å². The Morgan fingerprint density at radius 3 is 3.00 bits per heavy atom. The first-order valence-electron chi connectivity index (χ1n) is 4.92. The van der Waals surface area contributed by atoms with Crippen molar-refractivity contribution in [1.29, 1.82) is 0 Å². The monoisotopic (exact) mass is 265 g/mol. The number of carbonyl (C=O) groups is 1. The third kappa shape index (κ3) is 2.12. The quantitative estimate of drug-likeness (QED) is 0.777. The summed E-state index contributed by atoms with van der Waals surface area (Å²) in [7, 11) is 1.65. The molecule has 1 aliphatic carbocycles. The number of fused-ring (bicyclic) bond motifs is 1. The van der Waals surface area contributed by atoms with Gasteiger partial charge in [-0.05, 0) is 41.7 Å². The maximum Gasteiger partial charge on any atom is 0.244 e. The molecule has 0 fully saturated rings. The molecule has 15 heavy (non-hydrogen) atoms. The van der Waals surface area contributed by atoms with Gasteiger partial charge in [0.25, 0.3) is 0 Å². The second kappa shape index (κ2) is 4.19. The molecule has 0 heterocycles. The molecule has 2 nitrogen and oxygen atoms in total.